The lowest BCUT2D eigenvalue weighted by molar-refractivity contribution is -0.111. The number of pyridine rings is 1. The van der Waals surface area contributed by atoms with Crippen LogP contribution in [0.25, 0.3) is 5.52 Å². The van der Waals surface area contributed by atoms with E-state index >= 15 is 0 Å². The van der Waals surface area contributed by atoms with Crippen LogP contribution in [0.5, 0.6) is 0 Å². The average Bonchev–Trinajstić information content (AvgIpc) is 2.63. The Labute approximate surface area is 94.3 Å². The number of nitrogens with zero attached hydrogens (tertiary/aromatic N) is 2. The van der Waals surface area contributed by atoms with Crippen molar-refractivity contribution in [1.29, 1.82) is 0 Å². The first-order valence-corrected chi connectivity index (χ1v) is 5.21. The molecule has 0 fully saturated rings. The van der Waals surface area contributed by atoms with Gasteiger partial charge in [0.2, 0.25) is 6.41 Å². The topological polar surface area (TPSA) is 46.4 Å². The highest BCUT2D eigenvalue weighted by Crippen LogP contribution is 2.24. The molecule has 0 aromatic carbocycles. The zero-order chi connectivity index (χ0) is 11.8. The second-order valence-electron chi connectivity index (χ2n) is 4.41. The van der Waals surface area contributed by atoms with Crippen LogP contribution in [0, 0.1) is 6.92 Å². The number of hydrogen-bond acceptors (Lipinski definition) is 2. The Kier molecular flexibility index (Phi) is 2.42. The van der Waals surface area contributed by atoms with E-state index in [1.54, 1.807) is 6.20 Å². The van der Waals surface area contributed by atoms with Gasteiger partial charge in [0.15, 0.2) is 0 Å². The van der Waals surface area contributed by atoms with Crippen LogP contribution in [0.2, 0.25) is 0 Å². The van der Waals surface area contributed by atoms with E-state index in [2.05, 4.69) is 10.4 Å². The summed E-state index contributed by atoms with van der Waals surface area (Å²) < 4.78 is 1.88. The van der Waals surface area contributed by atoms with Gasteiger partial charge in [0.05, 0.1) is 17.3 Å². The van der Waals surface area contributed by atoms with Gasteiger partial charge in [0.25, 0.3) is 0 Å². The molecule has 16 heavy (non-hydrogen) atoms. The third kappa shape index (κ3) is 1.56. The Morgan fingerprint density at radius 2 is 2.19 bits per heavy atom. The summed E-state index contributed by atoms with van der Waals surface area (Å²) in [6.45, 7) is 5.92. The highest BCUT2D eigenvalue weighted by atomic mass is 16.1. The van der Waals surface area contributed by atoms with Gasteiger partial charge in [0.1, 0.15) is 0 Å². The van der Waals surface area contributed by atoms with E-state index in [9.17, 15) is 4.79 Å². The Hall–Kier alpha value is -1.84. The van der Waals surface area contributed by atoms with Crippen LogP contribution < -0.4 is 5.32 Å². The largest absolute Gasteiger partial charge is 0.350 e. The summed E-state index contributed by atoms with van der Waals surface area (Å²) in [5.41, 5.74) is 2.71. The van der Waals surface area contributed by atoms with E-state index in [0.29, 0.717) is 0 Å². The molecule has 0 aliphatic carbocycles. The van der Waals surface area contributed by atoms with E-state index in [0.717, 1.165) is 23.2 Å². The summed E-state index contributed by atoms with van der Waals surface area (Å²) in [4.78, 5) is 10.6. The number of amides is 1. The van der Waals surface area contributed by atoms with E-state index in [-0.39, 0.29) is 0 Å². The molecule has 2 rings (SSSR count). The molecule has 4 nitrogen and oxygen atoms in total. The van der Waals surface area contributed by atoms with Crippen molar-refractivity contribution in [2.24, 2.45) is 0 Å². The molecule has 2 aromatic rings. The monoisotopic (exact) mass is 217 g/mol. The molecule has 84 valence electrons. The molecule has 0 unspecified atom stereocenters. The number of aromatic nitrogens is 2. The van der Waals surface area contributed by atoms with Gasteiger partial charge in [-0.15, -0.1) is 0 Å². The first-order chi connectivity index (χ1) is 7.56. The second-order valence-corrected chi connectivity index (χ2v) is 4.41. The molecule has 0 spiro atoms. The normalized spacial score (nSPS) is 11.7. The summed E-state index contributed by atoms with van der Waals surface area (Å²) in [5, 5.41) is 7.13. The lowest BCUT2D eigenvalue weighted by Crippen LogP contribution is -2.35. The first-order valence-electron chi connectivity index (χ1n) is 5.21. The van der Waals surface area contributed by atoms with Crippen molar-refractivity contribution >= 4 is 11.9 Å². The van der Waals surface area contributed by atoms with Gasteiger partial charge in [0, 0.05) is 11.3 Å². The second kappa shape index (κ2) is 3.63. The maximum Gasteiger partial charge on any atom is 0.207 e. The summed E-state index contributed by atoms with van der Waals surface area (Å²) in [7, 11) is 0. The van der Waals surface area contributed by atoms with Gasteiger partial charge in [-0.3, -0.25) is 4.79 Å². The fraction of sp³-hybridized carbons (Fsp3) is 0.333. The number of carbonyl (C=O) groups excluding carboxylic acids is 1. The molecule has 0 radical (unpaired) electrons. The first kappa shape index (κ1) is 10.7. The number of fused-ring (bicyclic) bond motifs is 1. The van der Waals surface area contributed by atoms with Crippen LogP contribution >= 0.6 is 0 Å². The van der Waals surface area contributed by atoms with Gasteiger partial charge in [-0.25, -0.2) is 4.52 Å². The SMILES string of the molecule is Cc1cccc2c(C(C)(C)NC=O)cnn12. The van der Waals surface area contributed by atoms with E-state index in [1.165, 1.54) is 0 Å². The van der Waals surface area contributed by atoms with E-state index in [1.807, 2.05) is 43.5 Å². The van der Waals surface area contributed by atoms with E-state index in [4.69, 9.17) is 0 Å². The van der Waals surface area contributed by atoms with E-state index < -0.39 is 5.54 Å². The molecular weight excluding hydrogens is 202 g/mol. The Bertz CT molecular complexity index is 528. The minimum atomic E-state index is -0.405. The van der Waals surface area contributed by atoms with Crippen LogP contribution in [-0.4, -0.2) is 16.0 Å². The number of aryl methyl sites for hydroxylation is 1. The fourth-order valence-corrected chi connectivity index (χ4v) is 1.86. The number of nitrogens with one attached hydrogen (secondary N) is 1. The molecule has 1 N–H and O–H groups in total. The minimum absolute atomic E-state index is 0.405. The highest BCUT2D eigenvalue weighted by Gasteiger charge is 2.23. The molecule has 1 amide bonds. The number of hydrogen-bond donors (Lipinski definition) is 1. The molecule has 0 atom stereocenters. The lowest BCUT2D eigenvalue weighted by Gasteiger charge is -2.22. The molecule has 0 saturated carbocycles. The van der Waals surface area contributed by atoms with Crippen LogP contribution in [0.4, 0.5) is 0 Å². The van der Waals surface area contributed by atoms with Crippen molar-refractivity contribution in [3.63, 3.8) is 0 Å². The van der Waals surface area contributed by atoms with Crippen molar-refractivity contribution in [2.45, 2.75) is 26.3 Å². The average molecular weight is 217 g/mol. The van der Waals surface area contributed by atoms with Crippen molar-refractivity contribution in [3.8, 4) is 0 Å². The van der Waals surface area contributed by atoms with Gasteiger partial charge in [-0.1, -0.05) is 6.07 Å². The summed E-state index contributed by atoms with van der Waals surface area (Å²) >= 11 is 0. The predicted molar refractivity (Wildman–Crippen MR) is 62.2 cm³/mol. The van der Waals surface area contributed by atoms with Crippen molar-refractivity contribution in [2.75, 3.05) is 0 Å². The summed E-state index contributed by atoms with van der Waals surface area (Å²) in [5.74, 6) is 0. The van der Waals surface area contributed by atoms with Gasteiger partial charge < -0.3 is 5.32 Å². The van der Waals surface area contributed by atoms with Crippen molar-refractivity contribution in [3.05, 3.63) is 35.7 Å². The standard InChI is InChI=1S/C12H15N3O/c1-9-5-4-6-11-10(7-14-15(9)11)12(2,3)13-8-16/h4-8H,1-3H3,(H,13,16). The number of carbonyl (C=O) groups is 1. The molecule has 4 heteroatoms. The van der Waals surface area contributed by atoms with Gasteiger partial charge >= 0.3 is 0 Å². The Balaban J connectivity index is 2.62. The maximum atomic E-state index is 10.6. The third-order valence-corrected chi connectivity index (χ3v) is 2.83. The molecule has 2 aromatic heterocycles. The van der Waals surface area contributed by atoms with Crippen LogP contribution in [-0.2, 0) is 10.3 Å². The zero-order valence-corrected chi connectivity index (χ0v) is 9.69. The molecule has 0 aliphatic rings. The summed E-state index contributed by atoms with van der Waals surface area (Å²) in [6.07, 6.45) is 2.53. The van der Waals surface area contributed by atoms with Crippen LogP contribution in [0.3, 0.4) is 0 Å². The third-order valence-electron chi connectivity index (χ3n) is 2.83. The quantitative estimate of drug-likeness (QED) is 0.794. The predicted octanol–water partition coefficient (Wildman–Crippen LogP) is 1.62. The molecule has 2 heterocycles. The Morgan fingerprint density at radius 1 is 1.44 bits per heavy atom. The molecule has 0 aliphatic heterocycles. The zero-order valence-electron chi connectivity index (χ0n) is 9.69. The van der Waals surface area contributed by atoms with Gasteiger partial charge in [-0.05, 0) is 32.9 Å². The van der Waals surface area contributed by atoms with Crippen molar-refractivity contribution < 1.29 is 4.79 Å². The fourth-order valence-electron chi connectivity index (χ4n) is 1.86. The minimum Gasteiger partial charge on any atom is -0.350 e. The van der Waals surface area contributed by atoms with Crippen molar-refractivity contribution in [1.82, 2.24) is 14.9 Å². The lowest BCUT2D eigenvalue weighted by atomic mass is 9.96. The smallest absolute Gasteiger partial charge is 0.207 e. The maximum absolute atomic E-state index is 10.6. The highest BCUT2D eigenvalue weighted by molar-refractivity contribution is 5.60. The van der Waals surface area contributed by atoms with Crippen LogP contribution in [0.15, 0.2) is 24.4 Å². The molecule has 0 bridgehead atoms. The number of rotatable bonds is 3. The molecular formula is C12H15N3O. The van der Waals surface area contributed by atoms with Gasteiger partial charge in [-0.2, -0.15) is 5.10 Å². The van der Waals surface area contributed by atoms with Crippen LogP contribution in [0.1, 0.15) is 25.1 Å². The Morgan fingerprint density at radius 3 is 2.88 bits per heavy atom. The summed E-state index contributed by atoms with van der Waals surface area (Å²) in [6, 6.07) is 6.00. The molecule has 0 saturated heterocycles.